The smallest absolute Gasteiger partial charge is 0.242 e. The van der Waals surface area contributed by atoms with E-state index in [4.69, 9.17) is 0 Å². The SMILES string of the molecule is CC(NC(=O)Cn1ncc(=O)c2ccccc21)c1ccc(-n2cncn2)cc1. The van der Waals surface area contributed by atoms with E-state index in [1.807, 2.05) is 37.3 Å². The molecule has 0 saturated heterocycles. The third kappa shape index (κ3) is 3.52. The standard InChI is InChI=1S/C20H18N6O2/c1-14(15-6-8-16(9-7-15)26-13-21-12-23-26)24-20(28)11-25-18-5-3-2-4-17(18)19(27)10-22-25/h2-10,12-14H,11H2,1H3,(H,24,28). The monoisotopic (exact) mass is 374 g/mol. The van der Waals surface area contributed by atoms with Crippen LogP contribution in [0.4, 0.5) is 0 Å². The maximum absolute atomic E-state index is 12.5. The average Bonchev–Trinajstić information content (AvgIpc) is 3.25. The van der Waals surface area contributed by atoms with Crippen molar-refractivity contribution in [1.29, 1.82) is 0 Å². The Morgan fingerprint density at radius 3 is 2.64 bits per heavy atom. The van der Waals surface area contributed by atoms with E-state index >= 15 is 0 Å². The van der Waals surface area contributed by atoms with E-state index < -0.39 is 0 Å². The molecule has 0 saturated carbocycles. The summed E-state index contributed by atoms with van der Waals surface area (Å²) in [6.45, 7) is 1.95. The van der Waals surface area contributed by atoms with Gasteiger partial charge in [-0.2, -0.15) is 10.2 Å². The molecule has 4 rings (SSSR count). The largest absolute Gasteiger partial charge is 0.348 e. The number of amides is 1. The molecule has 28 heavy (non-hydrogen) atoms. The fraction of sp³-hybridized carbons (Fsp3) is 0.150. The van der Waals surface area contributed by atoms with Crippen molar-refractivity contribution in [2.45, 2.75) is 19.5 Å². The first-order valence-electron chi connectivity index (χ1n) is 8.81. The van der Waals surface area contributed by atoms with Gasteiger partial charge in [-0.3, -0.25) is 14.3 Å². The Morgan fingerprint density at radius 2 is 1.89 bits per heavy atom. The van der Waals surface area contributed by atoms with E-state index in [2.05, 4.69) is 20.5 Å². The van der Waals surface area contributed by atoms with E-state index in [0.29, 0.717) is 10.9 Å². The van der Waals surface area contributed by atoms with Crippen molar-refractivity contribution in [3.63, 3.8) is 0 Å². The van der Waals surface area contributed by atoms with E-state index in [1.165, 1.54) is 17.2 Å². The number of hydrogen-bond donors (Lipinski definition) is 1. The number of hydrogen-bond acceptors (Lipinski definition) is 5. The Bertz CT molecular complexity index is 1170. The zero-order valence-corrected chi connectivity index (χ0v) is 15.2. The molecule has 0 aliphatic rings. The maximum Gasteiger partial charge on any atom is 0.242 e. The molecule has 0 aliphatic heterocycles. The molecule has 2 aromatic heterocycles. The highest BCUT2D eigenvalue weighted by Gasteiger charge is 2.12. The zero-order chi connectivity index (χ0) is 19.5. The highest BCUT2D eigenvalue weighted by molar-refractivity contribution is 5.81. The van der Waals surface area contributed by atoms with Crippen LogP contribution in [0.25, 0.3) is 16.6 Å². The molecule has 0 radical (unpaired) electrons. The normalized spacial score (nSPS) is 12.0. The van der Waals surface area contributed by atoms with Gasteiger partial charge in [-0.1, -0.05) is 24.3 Å². The van der Waals surface area contributed by atoms with Gasteiger partial charge in [0.1, 0.15) is 19.2 Å². The van der Waals surface area contributed by atoms with Gasteiger partial charge >= 0.3 is 0 Å². The lowest BCUT2D eigenvalue weighted by molar-refractivity contribution is -0.122. The minimum absolute atomic E-state index is 0.0299. The van der Waals surface area contributed by atoms with Gasteiger partial charge in [-0.25, -0.2) is 9.67 Å². The molecule has 8 nitrogen and oxygen atoms in total. The highest BCUT2D eigenvalue weighted by Crippen LogP contribution is 2.15. The first kappa shape index (κ1) is 17.6. The summed E-state index contributed by atoms with van der Waals surface area (Å²) in [6.07, 6.45) is 4.34. The van der Waals surface area contributed by atoms with Gasteiger partial charge in [0.2, 0.25) is 11.3 Å². The first-order valence-corrected chi connectivity index (χ1v) is 8.81. The van der Waals surface area contributed by atoms with Crippen LogP contribution < -0.4 is 10.7 Å². The predicted octanol–water partition coefficient (Wildman–Crippen LogP) is 1.85. The lowest BCUT2D eigenvalue weighted by atomic mass is 10.1. The minimum atomic E-state index is -0.186. The van der Waals surface area contributed by atoms with E-state index in [0.717, 1.165) is 11.3 Å². The molecular weight excluding hydrogens is 356 g/mol. The van der Waals surface area contributed by atoms with Crippen LogP contribution in [0.5, 0.6) is 0 Å². The fourth-order valence-corrected chi connectivity index (χ4v) is 3.05. The first-order chi connectivity index (χ1) is 13.6. The summed E-state index contributed by atoms with van der Waals surface area (Å²) in [7, 11) is 0. The summed E-state index contributed by atoms with van der Waals surface area (Å²) in [5, 5.41) is 11.7. The lowest BCUT2D eigenvalue weighted by Gasteiger charge is -2.16. The minimum Gasteiger partial charge on any atom is -0.348 e. The zero-order valence-electron chi connectivity index (χ0n) is 15.2. The topological polar surface area (TPSA) is 94.7 Å². The Balaban J connectivity index is 1.47. The fourth-order valence-electron chi connectivity index (χ4n) is 3.05. The summed E-state index contributed by atoms with van der Waals surface area (Å²) in [5.41, 5.74) is 2.33. The van der Waals surface area contributed by atoms with Crippen LogP contribution in [0.2, 0.25) is 0 Å². The van der Waals surface area contributed by atoms with Gasteiger partial charge in [0.05, 0.1) is 23.4 Å². The van der Waals surface area contributed by atoms with Crippen LogP contribution in [0.1, 0.15) is 18.5 Å². The van der Waals surface area contributed by atoms with Crippen molar-refractivity contribution in [1.82, 2.24) is 29.9 Å². The lowest BCUT2D eigenvalue weighted by Crippen LogP contribution is -2.31. The molecule has 1 unspecified atom stereocenters. The number of para-hydroxylation sites is 1. The summed E-state index contributed by atoms with van der Waals surface area (Å²) in [6, 6.07) is 14.7. The van der Waals surface area contributed by atoms with Gasteiger partial charge < -0.3 is 5.32 Å². The second-order valence-corrected chi connectivity index (χ2v) is 6.40. The average molecular weight is 374 g/mol. The van der Waals surface area contributed by atoms with Crippen LogP contribution in [0.15, 0.2) is 72.2 Å². The Kier molecular flexibility index (Phi) is 4.67. The molecule has 2 heterocycles. The van der Waals surface area contributed by atoms with Crippen molar-refractivity contribution >= 4 is 16.8 Å². The summed E-state index contributed by atoms with van der Waals surface area (Å²) in [4.78, 5) is 28.3. The molecule has 0 fully saturated rings. The van der Waals surface area contributed by atoms with Crippen LogP contribution in [-0.2, 0) is 11.3 Å². The summed E-state index contributed by atoms with van der Waals surface area (Å²) in [5.74, 6) is -0.186. The molecular formula is C20H18N6O2. The molecule has 4 aromatic rings. The van der Waals surface area contributed by atoms with Crippen LogP contribution in [-0.4, -0.2) is 30.5 Å². The molecule has 1 N–H and O–H groups in total. The molecule has 1 amide bonds. The van der Waals surface area contributed by atoms with Gasteiger partial charge in [0.15, 0.2) is 0 Å². The van der Waals surface area contributed by atoms with Crippen molar-refractivity contribution in [2.75, 3.05) is 0 Å². The van der Waals surface area contributed by atoms with Gasteiger partial charge in [-0.15, -0.1) is 0 Å². The molecule has 0 bridgehead atoms. The molecule has 2 aromatic carbocycles. The Morgan fingerprint density at radius 1 is 1.11 bits per heavy atom. The van der Waals surface area contributed by atoms with Crippen molar-refractivity contribution in [3.8, 4) is 5.69 Å². The van der Waals surface area contributed by atoms with E-state index in [9.17, 15) is 9.59 Å². The number of fused-ring (bicyclic) bond motifs is 1. The molecule has 140 valence electrons. The number of nitrogens with one attached hydrogen (secondary N) is 1. The number of nitrogens with zero attached hydrogens (tertiary/aromatic N) is 5. The Labute approximate surface area is 160 Å². The summed E-state index contributed by atoms with van der Waals surface area (Å²) < 4.78 is 3.20. The maximum atomic E-state index is 12.5. The number of aromatic nitrogens is 5. The second-order valence-electron chi connectivity index (χ2n) is 6.40. The third-order valence-electron chi connectivity index (χ3n) is 4.51. The third-order valence-corrected chi connectivity index (χ3v) is 4.51. The van der Waals surface area contributed by atoms with Gasteiger partial charge in [0, 0.05) is 5.39 Å². The van der Waals surface area contributed by atoms with Crippen LogP contribution in [0, 0.1) is 0 Å². The van der Waals surface area contributed by atoms with Crippen LogP contribution >= 0.6 is 0 Å². The highest BCUT2D eigenvalue weighted by atomic mass is 16.2. The number of carbonyl (C=O) groups excluding carboxylic acids is 1. The molecule has 1 atom stereocenters. The van der Waals surface area contributed by atoms with Crippen LogP contribution in [0.3, 0.4) is 0 Å². The van der Waals surface area contributed by atoms with Gasteiger partial charge in [-0.05, 0) is 36.8 Å². The van der Waals surface area contributed by atoms with E-state index in [1.54, 1.807) is 29.2 Å². The van der Waals surface area contributed by atoms with Gasteiger partial charge in [0.25, 0.3) is 0 Å². The Hall–Kier alpha value is -3.81. The summed E-state index contributed by atoms with van der Waals surface area (Å²) >= 11 is 0. The molecule has 0 aliphatic carbocycles. The second kappa shape index (κ2) is 7.43. The quantitative estimate of drug-likeness (QED) is 0.575. The number of rotatable bonds is 5. The number of carbonyl (C=O) groups is 1. The molecule has 8 heteroatoms. The predicted molar refractivity (Wildman–Crippen MR) is 104 cm³/mol. The molecule has 0 spiro atoms. The number of benzene rings is 2. The van der Waals surface area contributed by atoms with E-state index in [-0.39, 0.29) is 23.9 Å². The van der Waals surface area contributed by atoms with Crippen molar-refractivity contribution < 1.29 is 4.79 Å². The van der Waals surface area contributed by atoms with Crippen molar-refractivity contribution in [2.24, 2.45) is 0 Å². The van der Waals surface area contributed by atoms with Crippen molar-refractivity contribution in [3.05, 3.63) is 83.2 Å².